The van der Waals surface area contributed by atoms with Crippen LogP contribution in [0, 0.1) is 16.7 Å². The van der Waals surface area contributed by atoms with Crippen molar-refractivity contribution >= 4 is 11.9 Å². The summed E-state index contributed by atoms with van der Waals surface area (Å²) in [5.74, 6) is -0.170. The first-order valence-corrected chi connectivity index (χ1v) is 7.88. The SMILES string of the molecule is CC(C)CCC(C)NC(=O)CC(C)(C)CC(C)(C)C(=O)O. The predicted octanol–water partition coefficient (Wildman–Crippen LogP) is 3.84. The highest BCUT2D eigenvalue weighted by Crippen LogP contribution is 2.36. The molecule has 0 saturated carbocycles. The Hall–Kier alpha value is -1.06. The molecule has 0 rings (SSSR count). The number of carboxylic acid groups (broad SMARTS) is 1. The van der Waals surface area contributed by atoms with E-state index in [1.54, 1.807) is 13.8 Å². The molecule has 124 valence electrons. The van der Waals surface area contributed by atoms with Crippen LogP contribution in [0.3, 0.4) is 0 Å². The van der Waals surface area contributed by atoms with Crippen LogP contribution in [0.2, 0.25) is 0 Å². The quantitative estimate of drug-likeness (QED) is 0.679. The van der Waals surface area contributed by atoms with Crippen LogP contribution in [-0.4, -0.2) is 23.0 Å². The van der Waals surface area contributed by atoms with Gasteiger partial charge >= 0.3 is 5.97 Å². The first kappa shape index (κ1) is 19.9. The van der Waals surface area contributed by atoms with Gasteiger partial charge in [0, 0.05) is 12.5 Å². The monoisotopic (exact) mass is 299 g/mol. The fraction of sp³-hybridized carbons (Fsp3) is 0.882. The molecule has 1 unspecified atom stereocenters. The standard InChI is InChI=1S/C17H33NO3/c1-12(2)8-9-13(3)18-14(19)10-16(4,5)11-17(6,7)15(20)21/h12-13H,8-11H2,1-7H3,(H,18,19)(H,20,21). The van der Waals surface area contributed by atoms with Gasteiger partial charge in [0.15, 0.2) is 0 Å². The first-order chi connectivity index (χ1) is 9.35. The van der Waals surface area contributed by atoms with E-state index in [2.05, 4.69) is 19.2 Å². The number of hydrogen-bond acceptors (Lipinski definition) is 2. The van der Waals surface area contributed by atoms with Crippen molar-refractivity contribution in [3.8, 4) is 0 Å². The Bertz CT molecular complexity index is 359. The number of carboxylic acids is 1. The minimum atomic E-state index is -0.818. The number of carbonyl (C=O) groups is 2. The molecule has 0 radical (unpaired) electrons. The van der Waals surface area contributed by atoms with E-state index in [0.29, 0.717) is 18.8 Å². The van der Waals surface area contributed by atoms with Gasteiger partial charge in [0.05, 0.1) is 5.41 Å². The van der Waals surface area contributed by atoms with Crippen molar-refractivity contribution < 1.29 is 14.7 Å². The Morgan fingerprint density at radius 1 is 1.05 bits per heavy atom. The molecule has 0 aromatic heterocycles. The van der Waals surface area contributed by atoms with Crippen LogP contribution in [0.4, 0.5) is 0 Å². The van der Waals surface area contributed by atoms with E-state index in [9.17, 15) is 14.7 Å². The smallest absolute Gasteiger partial charge is 0.309 e. The fourth-order valence-electron chi connectivity index (χ4n) is 2.75. The molecule has 1 atom stereocenters. The van der Waals surface area contributed by atoms with Crippen molar-refractivity contribution in [3.05, 3.63) is 0 Å². The summed E-state index contributed by atoms with van der Waals surface area (Å²) in [6.45, 7) is 13.7. The van der Waals surface area contributed by atoms with Gasteiger partial charge in [-0.05, 0) is 51.4 Å². The van der Waals surface area contributed by atoms with Crippen LogP contribution < -0.4 is 5.32 Å². The molecular weight excluding hydrogens is 266 g/mol. The zero-order valence-corrected chi connectivity index (χ0v) is 14.7. The molecule has 0 aromatic rings. The third-order valence-corrected chi connectivity index (χ3v) is 3.72. The van der Waals surface area contributed by atoms with Crippen LogP contribution in [0.5, 0.6) is 0 Å². The van der Waals surface area contributed by atoms with Gasteiger partial charge in [-0.25, -0.2) is 0 Å². The molecule has 0 fully saturated rings. The van der Waals surface area contributed by atoms with Crippen molar-refractivity contribution in [1.29, 1.82) is 0 Å². The van der Waals surface area contributed by atoms with Crippen LogP contribution in [0.25, 0.3) is 0 Å². The van der Waals surface area contributed by atoms with Crippen LogP contribution in [0.1, 0.15) is 74.1 Å². The van der Waals surface area contributed by atoms with E-state index in [1.807, 2.05) is 20.8 Å². The van der Waals surface area contributed by atoms with Gasteiger partial charge in [-0.2, -0.15) is 0 Å². The number of carbonyl (C=O) groups excluding carboxylic acids is 1. The summed E-state index contributed by atoms with van der Waals surface area (Å²) in [6.07, 6.45) is 2.90. The molecule has 1 amide bonds. The summed E-state index contributed by atoms with van der Waals surface area (Å²) in [5.41, 5.74) is -1.14. The number of hydrogen-bond donors (Lipinski definition) is 2. The van der Waals surface area contributed by atoms with E-state index >= 15 is 0 Å². The zero-order valence-electron chi connectivity index (χ0n) is 14.7. The second-order valence-electron chi connectivity index (χ2n) is 8.15. The summed E-state index contributed by atoms with van der Waals surface area (Å²) in [4.78, 5) is 23.3. The highest BCUT2D eigenvalue weighted by molar-refractivity contribution is 5.77. The average molecular weight is 299 g/mol. The van der Waals surface area contributed by atoms with Gasteiger partial charge in [0.25, 0.3) is 0 Å². The second kappa shape index (κ2) is 7.81. The fourth-order valence-corrected chi connectivity index (χ4v) is 2.75. The Kier molecular flexibility index (Phi) is 7.41. The zero-order chi connectivity index (χ0) is 16.8. The molecule has 0 aliphatic carbocycles. The molecule has 0 saturated heterocycles. The topological polar surface area (TPSA) is 66.4 Å². The van der Waals surface area contributed by atoms with E-state index in [4.69, 9.17) is 0 Å². The lowest BCUT2D eigenvalue weighted by atomic mass is 9.73. The van der Waals surface area contributed by atoms with Gasteiger partial charge in [-0.3, -0.25) is 9.59 Å². The van der Waals surface area contributed by atoms with Crippen molar-refractivity contribution in [1.82, 2.24) is 5.32 Å². The van der Waals surface area contributed by atoms with E-state index in [0.717, 1.165) is 12.8 Å². The first-order valence-electron chi connectivity index (χ1n) is 7.88. The lowest BCUT2D eigenvalue weighted by Crippen LogP contribution is -2.38. The summed E-state index contributed by atoms with van der Waals surface area (Å²) < 4.78 is 0. The highest BCUT2D eigenvalue weighted by Gasteiger charge is 2.35. The predicted molar refractivity (Wildman–Crippen MR) is 86.1 cm³/mol. The molecule has 4 nitrogen and oxygen atoms in total. The maximum Gasteiger partial charge on any atom is 0.309 e. The van der Waals surface area contributed by atoms with Crippen molar-refractivity contribution in [3.63, 3.8) is 0 Å². The summed E-state index contributed by atoms with van der Waals surface area (Å²) >= 11 is 0. The molecule has 0 heterocycles. The average Bonchev–Trinajstić information content (AvgIpc) is 2.23. The maximum atomic E-state index is 12.1. The van der Waals surface area contributed by atoms with Gasteiger partial charge in [-0.1, -0.05) is 27.7 Å². The lowest BCUT2D eigenvalue weighted by molar-refractivity contribution is -0.149. The number of amides is 1. The Morgan fingerprint density at radius 2 is 1.57 bits per heavy atom. The Labute approximate surface area is 129 Å². The molecule has 2 N–H and O–H groups in total. The molecule has 0 spiro atoms. The summed E-state index contributed by atoms with van der Waals surface area (Å²) in [6, 6.07) is 0.170. The van der Waals surface area contributed by atoms with Crippen molar-refractivity contribution in [2.24, 2.45) is 16.7 Å². The summed E-state index contributed by atoms with van der Waals surface area (Å²) in [5, 5.41) is 12.2. The lowest BCUT2D eigenvalue weighted by Gasteiger charge is -2.32. The van der Waals surface area contributed by atoms with Crippen LogP contribution in [-0.2, 0) is 9.59 Å². The third kappa shape index (κ3) is 8.74. The molecule has 4 heteroatoms. The molecule has 0 bridgehead atoms. The molecule has 0 aliphatic heterocycles. The van der Waals surface area contributed by atoms with Gasteiger partial charge in [-0.15, -0.1) is 0 Å². The molecule has 21 heavy (non-hydrogen) atoms. The number of rotatable bonds is 9. The minimum Gasteiger partial charge on any atom is -0.481 e. The second-order valence-corrected chi connectivity index (χ2v) is 8.15. The number of aliphatic carboxylic acids is 1. The van der Waals surface area contributed by atoms with Crippen LogP contribution >= 0.6 is 0 Å². The highest BCUT2D eigenvalue weighted by atomic mass is 16.4. The normalized spacial score (nSPS) is 14.1. The molecule has 0 aliphatic rings. The minimum absolute atomic E-state index is 0.0115. The van der Waals surface area contributed by atoms with Gasteiger partial charge < -0.3 is 10.4 Å². The Balaban J connectivity index is 4.39. The van der Waals surface area contributed by atoms with Gasteiger partial charge in [0.2, 0.25) is 5.91 Å². The Morgan fingerprint density at radius 3 is 2.00 bits per heavy atom. The third-order valence-electron chi connectivity index (χ3n) is 3.72. The summed E-state index contributed by atoms with van der Waals surface area (Å²) in [7, 11) is 0. The van der Waals surface area contributed by atoms with E-state index in [-0.39, 0.29) is 17.4 Å². The number of nitrogens with one attached hydrogen (secondary N) is 1. The van der Waals surface area contributed by atoms with E-state index in [1.165, 1.54) is 0 Å². The maximum absolute atomic E-state index is 12.1. The van der Waals surface area contributed by atoms with Crippen molar-refractivity contribution in [2.75, 3.05) is 0 Å². The molecular formula is C17H33NO3. The van der Waals surface area contributed by atoms with Gasteiger partial charge in [0.1, 0.15) is 0 Å². The largest absolute Gasteiger partial charge is 0.481 e. The van der Waals surface area contributed by atoms with Crippen molar-refractivity contribution in [2.45, 2.75) is 80.2 Å². The van der Waals surface area contributed by atoms with Crippen LogP contribution in [0.15, 0.2) is 0 Å². The van der Waals surface area contributed by atoms with E-state index < -0.39 is 11.4 Å². The molecule has 0 aromatic carbocycles.